The summed E-state index contributed by atoms with van der Waals surface area (Å²) in [6.45, 7) is 11.9. The van der Waals surface area contributed by atoms with E-state index in [9.17, 15) is 14.7 Å². The third-order valence-electron chi connectivity index (χ3n) is 5.14. The van der Waals surface area contributed by atoms with Gasteiger partial charge in [-0.15, -0.1) is 0 Å². The average Bonchev–Trinajstić information content (AvgIpc) is 2.77. The van der Waals surface area contributed by atoms with Crippen LogP contribution in [0.15, 0.2) is 34.9 Å². The van der Waals surface area contributed by atoms with Gasteiger partial charge in [-0.05, 0) is 43.9 Å². The maximum absolute atomic E-state index is 13.2. The van der Waals surface area contributed by atoms with E-state index in [0.29, 0.717) is 45.6 Å². The van der Waals surface area contributed by atoms with E-state index in [4.69, 9.17) is 10.5 Å². The van der Waals surface area contributed by atoms with Crippen LogP contribution in [0.3, 0.4) is 0 Å². The minimum Gasteiger partial charge on any atom is -0.493 e. The molecule has 0 saturated carbocycles. The Labute approximate surface area is 205 Å². The highest BCUT2D eigenvalue weighted by Crippen LogP contribution is 2.34. The number of aliphatic hydroxyl groups excluding tert-OH is 1. The number of rotatable bonds is 9. The maximum Gasteiger partial charge on any atom is 0.247 e. The lowest BCUT2D eigenvalue weighted by molar-refractivity contribution is -0.117. The number of aromatic nitrogens is 2. The van der Waals surface area contributed by atoms with E-state index in [-0.39, 0.29) is 36.0 Å². The zero-order chi connectivity index (χ0) is 25.5. The van der Waals surface area contributed by atoms with Gasteiger partial charge in [0.1, 0.15) is 17.4 Å². The second kappa shape index (κ2) is 12.0. The Hall–Kier alpha value is -2.91. The first-order valence-corrected chi connectivity index (χ1v) is 12.0. The van der Waals surface area contributed by atoms with E-state index >= 15 is 0 Å². The number of carbonyl (C=O) groups excluding carboxylic acids is 2. The number of nitrogen functional groups attached to an aromatic ring is 1. The highest BCUT2D eigenvalue weighted by atomic mass is 32.2. The second-order valence-corrected chi connectivity index (χ2v) is 9.88. The van der Waals surface area contributed by atoms with Gasteiger partial charge in [0, 0.05) is 41.8 Å². The van der Waals surface area contributed by atoms with Crippen LogP contribution in [0.4, 0.5) is 5.82 Å². The van der Waals surface area contributed by atoms with Crippen molar-refractivity contribution in [3.8, 4) is 5.75 Å². The average molecular weight is 487 g/mol. The van der Waals surface area contributed by atoms with Crippen molar-refractivity contribution >= 4 is 28.6 Å². The van der Waals surface area contributed by atoms with Crippen molar-refractivity contribution in [1.29, 1.82) is 0 Å². The van der Waals surface area contributed by atoms with E-state index in [1.807, 2.05) is 19.1 Å². The zero-order valence-corrected chi connectivity index (χ0v) is 21.5. The van der Waals surface area contributed by atoms with Crippen LogP contribution in [0.25, 0.3) is 0 Å². The Morgan fingerprint density at radius 2 is 1.97 bits per heavy atom. The van der Waals surface area contributed by atoms with Crippen molar-refractivity contribution in [2.24, 2.45) is 0 Å². The number of nitrogens with zero attached hydrogens (tertiary/aromatic N) is 2. The summed E-state index contributed by atoms with van der Waals surface area (Å²) in [7, 11) is 0. The maximum atomic E-state index is 13.2. The van der Waals surface area contributed by atoms with E-state index in [1.165, 1.54) is 0 Å². The summed E-state index contributed by atoms with van der Waals surface area (Å²) < 4.78 is 5.75. The molecule has 184 valence electrons. The molecule has 1 aromatic carbocycles. The number of nitrogens with two attached hydrogens (primary N) is 1. The molecule has 2 rings (SSSR count). The first-order chi connectivity index (χ1) is 16.0. The van der Waals surface area contributed by atoms with Gasteiger partial charge in [0.2, 0.25) is 11.0 Å². The van der Waals surface area contributed by atoms with Crippen LogP contribution >= 0.6 is 11.8 Å². The molecule has 1 aromatic heterocycles. The SMILES string of the molecule is CCOc1cc(C(C)(C)C)ccc1C(=O)S/C(CCO)=C(/C)C(=O)NCc1cnc(C)nc1N. The highest BCUT2D eigenvalue weighted by molar-refractivity contribution is 8.17. The summed E-state index contributed by atoms with van der Waals surface area (Å²) >= 11 is 0.929. The number of anilines is 1. The number of hydrogen-bond acceptors (Lipinski definition) is 8. The number of thioether (sulfide) groups is 1. The Kier molecular flexibility index (Phi) is 9.64. The molecule has 1 amide bonds. The van der Waals surface area contributed by atoms with Crippen molar-refractivity contribution in [3.05, 3.63) is 57.4 Å². The summed E-state index contributed by atoms with van der Waals surface area (Å²) in [6, 6.07) is 5.56. The molecule has 1 heterocycles. The van der Waals surface area contributed by atoms with Gasteiger partial charge < -0.3 is 20.9 Å². The summed E-state index contributed by atoms with van der Waals surface area (Å²) in [6.07, 6.45) is 1.75. The topological polar surface area (TPSA) is 127 Å². The number of ether oxygens (including phenoxy) is 1. The van der Waals surface area contributed by atoms with Crippen molar-refractivity contribution in [3.63, 3.8) is 0 Å². The van der Waals surface area contributed by atoms with Gasteiger partial charge >= 0.3 is 0 Å². The smallest absolute Gasteiger partial charge is 0.247 e. The largest absolute Gasteiger partial charge is 0.493 e. The van der Waals surface area contributed by atoms with Crippen molar-refractivity contribution < 1.29 is 19.4 Å². The van der Waals surface area contributed by atoms with E-state index < -0.39 is 0 Å². The lowest BCUT2D eigenvalue weighted by atomic mass is 9.86. The number of nitrogens with one attached hydrogen (secondary N) is 1. The predicted octanol–water partition coefficient (Wildman–Crippen LogP) is 3.91. The zero-order valence-electron chi connectivity index (χ0n) is 20.7. The molecule has 8 nitrogen and oxygen atoms in total. The second-order valence-electron chi connectivity index (χ2n) is 8.82. The van der Waals surface area contributed by atoms with Crippen LogP contribution in [0.1, 0.15) is 68.3 Å². The minimum absolute atomic E-state index is 0.0942. The van der Waals surface area contributed by atoms with Gasteiger partial charge in [0.15, 0.2) is 0 Å². The third kappa shape index (κ3) is 7.30. The molecular formula is C25H34N4O4S. The Morgan fingerprint density at radius 1 is 1.26 bits per heavy atom. The first kappa shape index (κ1) is 27.3. The molecule has 9 heteroatoms. The fraction of sp³-hybridized carbons (Fsp3) is 0.440. The quantitative estimate of drug-likeness (QED) is 0.455. The van der Waals surface area contributed by atoms with Crippen LogP contribution in [0.2, 0.25) is 0 Å². The van der Waals surface area contributed by atoms with E-state index in [0.717, 1.165) is 17.3 Å². The van der Waals surface area contributed by atoms with Gasteiger partial charge in [-0.2, -0.15) is 0 Å². The summed E-state index contributed by atoms with van der Waals surface area (Å²) in [5.41, 5.74) is 8.22. The molecule has 0 spiro atoms. The molecule has 0 saturated heterocycles. The first-order valence-electron chi connectivity index (χ1n) is 11.1. The van der Waals surface area contributed by atoms with Crippen molar-refractivity contribution in [2.45, 2.75) is 59.9 Å². The van der Waals surface area contributed by atoms with E-state index in [2.05, 4.69) is 36.1 Å². The fourth-order valence-corrected chi connectivity index (χ4v) is 4.04. The number of carbonyl (C=O) groups is 2. The number of amides is 1. The van der Waals surface area contributed by atoms with E-state index in [1.54, 1.807) is 26.1 Å². The molecular weight excluding hydrogens is 452 g/mol. The molecule has 0 aliphatic heterocycles. The highest BCUT2D eigenvalue weighted by Gasteiger charge is 2.22. The van der Waals surface area contributed by atoms with Crippen LogP contribution in [-0.2, 0) is 16.8 Å². The van der Waals surface area contributed by atoms with Gasteiger partial charge in [-0.3, -0.25) is 9.59 Å². The summed E-state index contributed by atoms with van der Waals surface area (Å²) in [5, 5.41) is 12.1. The minimum atomic E-state index is -0.364. The molecule has 0 atom stereocenters. The van der Waals surface area contributed by atoms with Crippen LogP contribution < -0.4 is 15.8 Å². The van der Waals surface area contributed by atoms with Crippen molar-refractivity contribution in [1.82, 2.24) is 15.3 Å². The Balaban J connectivity index is 2.24. The molecule has 34 heavy (non-hydrogen) atoms. The molecule has 0 bridgehead atoms. The number of benzene rings is 1. The number of hydrogen-bond donors (Lipinski definition) is 3. The van der Waals surface area contributed by atoms with Crippen LogP contribution in [0.5, 0.6) is 5.75 Å². The molecule has 2 aromatic rings. The summed E-state index contributed by atoms with van der Waals surface area (Å²) in [5.74, 6) is 0.993. The molecule has 4 N–H and O–H groups in total. The Bertz CT molecular complexity index is 1080. The molecule has 0 radical (unpaired) electrons. The van der Waals surface area contributed by atoms with Gasteiger partial charge in [0.25, 0.3) is 0 Å². The molecule has 0 aliphatic carbocycles. The van der Waals surface area contributed by atoms with Gasteiger partial charge in [-0.1, -0.05) is 38.6 Å². The van der Waals surface area contributed by atoms with Crippen molar-refractivity contribution in [2.75, 3.05) is 18.9 Å². The normalized spacial score (nSPS) is 12.2. The monoisotopic (exact) mass is 486 g/mol. The van der Waals surface area contributed by atoms with Crippen LogP contribution in [-0.4, -0.2) is 39.3 Å². The molecule has 0 fully saturated rings. The van der Waals surface area contributed by atoms with Gasteiger partial charge in [0.05, 0.1) is 12.2 Å². The predicted molar refractivity (Wildman–Crippen MR) is 136 cm³/mol. The van der Waals surface area contributed by atoms with Crippen LogP contribution in [0, 0.1) is 6.92 Å². The fourth-order valence-electron chi connectivity index (χ4n) is 3.10. The standard InChI is InChI=1S/C25H34N4O4S/c1-7-33-20-12-18(25(4,5)6)8-9-19(20)24(32)34-21(10-11-30)15(2)23(31)28-14-17-13-27-16(3)29-22(17)26/h8-9,12-13,30H,7,10-11,14H2,1-6H3,(H,28,31)(H2,26,27,29)/b21-15-. The molecule has 0 unspecified atom stereocenters. The number of aryl methyl sites for hydroxylation is 1. The lowest BCUT2D eigenvalue weighted by Gasteiger charge is -2.21. The lowest BCUT2D eigenvalue weighted by Crippen LogP contribution is -2.25. The third-order valence-corrected chi connectivity index (χ3v) is 6.30. The van der Waals surface area contributed by atoms with Gasteiger partial charge in [-0.25, -0.2) is 9.97 Å². The number of aliphatic hydroxyl groups is 1. The summed E-state index contributed by atoms with van der Waals surface area (Å²) in [4.78, 5) is 34.6. The molecule has 0 aliphatic rings. The Morgan fingerprint density at radius 3 is 2.56 bits per heavy atom.